The summed E-state index contributed by atoms with van der Waals surface area (Å²) in [5.74, 6) is -1.79. The van der Waals surface area contributed by atoms with Crippen LogP contribution in [0.1, 0.15) is 55.1 Å². The summed E-state index contributed by atoms with van der Waals surface area (Å²) in [7, 11) is -2.05. The Morgan fingerprint density at radius 2 is 1.96 bits per heavy atom. The first-order valence-corrected chi connectivity index (χ1v) is 7.80. The van der Waals surface area contributed by atoms with Crippen molar-refractivity contribution in [3.63, 3.8) is 0 Å². The van der Waals surface area contributed by atoms with Gasteiger partial charge >= 0.3 is 0 Å². The molecule has 2 aromatic carbocycles. The molecule has 0 amide bonds. The van der Waals surface area contributed by atoms with E-state index in [1.165, 1.54) is 6.92 Å². The molecular weight excluding hydrogens is 328 g/mol. The Morgan fingerprint density at radius 1 is 1.12 bits per heavy atom. The lowest BCUT2D eigenvalue weighted by Gasteiger charge is -2.13. The summed E-state index contributed by atoms with van der Waals surface area (Å²) in [6.45, 7) is 1.99. The molecular formula is C22H30O4. The molecule has 142 valence electrons. The quantitative estimate of drug-likeness (QED) is 0.668. The number of benzene rings is 2. The first-order chi connectivity index (χ1) is 18.0. The second-order valence-electron chi connectivity index (χ2n) is 5.26. The fraction of sp³-hybridized carbons (Fsp3) is 0.455. The van der Waals surface area contributed by atoms with E-state index in [1.54, 1.807) is 6.92 Å². The van der Waals surface area contributed by atoms with Crippen LogP contribution >= 0.6 is 0 Å². The van der Waals surface area contributed by atoms with Crippen molar-refractivity contribution in [1.82, 2.24) is 0 Å². The van der Waals surface area contributed by atoms with Gasteiger partial charge in [0, 0.05) is 5.48 Å². The Bertz CT molecular complexity index is 1240. The summed E-state index contributed by atoms with van der Waals surface area (Å²) in [4.78, 5) is 0. The van der Waals surface area contributed by atoms with Crippen molar-refractivity contribution in [2.24, 2.45) is 0 Å². The Morgan fingerprint density at radius 3 is 2.73 bits per heavy atom. The predicted molar refractivity (Wildman–Crippen MR) is 105 cm³/mol. The molecule has 1 N–H and O–H groups in total. The SMILES string of the molecule is [2H]c1c([2H])c(OCC([2H])(O)C([2H])([2H])CCC([2H])([2H])c2c([2H])c([2H])c(OC)c(OC([2H])([2H])[2H])c2[2H])c([2H])c(C)c1C. The van der Waals surface area contributed by atoms with Crippen molar-refractivity contribution in [2.75, 3.05) is 20.8 Å². The molecule has 0 saturated heterocycles. The van der Waals surface area contributed by atoms with Crippen molar-refractivity contribution in [1.29, 1.82) is 0 Å². The molecule has 4 nitrogen and oxygen atoms in total. The Kier molecular flexibility index (Phi) is 3.18. The highest BCUT2D eigenvalue weighted by Crippen LogP contribution is 2.28. The van der Waals surface area contributed by atoms with E-state index in [4.69, 9.17) is 33.4 Å². The van der Waals surface area contributed by atoms with E-state index in [0.29, 0.717) is 11.1 Å². The molecule has 4 heteroatoms. The van der Waals surface area contributed by atoms with Gasteiger partial charge in [0.15, 0.2) is 11.5 Å². The first kappa shape index (κ1) is 8.22. The van der Waals surface area contributed by atoms with Gasteiger partial charge in [-0.1, -0.05) is 18.5 Å². The average molecular weight is 373 g/mol. The fourth-order valence-electron chi connectivity index (χ4n) is 1.88. The highest BCUT2D eigenvalue weighted by molar-refractivity contribution is 5.42. The van der Waals surface area contributed by atoms with E-state index < -0.39 is 92.3 Å². The number of rotatable bonds is 10. The van der Waals surface area contributed by atoms with Gasteiger partial charge in [-0.05, 0) is 73.9 Å². The molecule has 2 rings (SSSR count). The van der Waals surface area contributed by atoms with Crippen LogP contribution in [0.5, 0.6) is 17.2 Å². The highest BCUT2D eigenvalue weighted by atomic mass is 16.5. The number of aliphatic hydroxyl groups is 1. The molecule has 0 bridgehead atoms. The smallest absolute Gasteiger partial charge is 0.160 e. The van der Waals surface area contributed by atoms with Gasteiger partial charge in [-0.15, -0.1) is 0 Å². The summed E-state index contributed by atoms with van der Waals surface area (Å²) < 4.78 is 127. The van der Waals surface area contributed by atoms with Gasteiger partial charge in [0.05, 0.1) is 33.9 Å². The fourth-order valence-corrected chi connectivity index (χ4v) is 1.88. The molecule has 0 aliphatic rings. The molecule has 0 saturated carbocycles. The lowest BCUT2D eigenvalue weighted by atomic mass is 10.0. The second kappa shape index (κ2) is 10.1. The molecule has 0 fully saturated rings. The largest absolute Gasteiger partial charge is 0.493 e. The molecule has 0 aliphatic heterocycles. The van der Waals surface area contributed by atoms with Crippen LogP contribution in [0.2, 0.25) is 0 Å². The molecule has 0 radical (unpaired) electrons. The summed E-state index contributed by atoms with van der Waals surface area (Å²) in [6, 6.07) is -3.45. The topological polar surface area (TPSA) is 47.9 Å². The van der Waals surface area contributed by atoms with Gasteiger partial charge in [-0.25, -0.2) is 0 Å². The van der Waals surface area contributed by atoms with Crippen LogP contribution in [0.15, 0.2) is 36.3 Å². The van der Waals surface area contributed by atoms with Crippen LogP contribution in [0.25, 0.3) is 0 Å². The maximum Gasteiger partial charge on any atom is 0.160 e. The summed E-state index contributed by atoms with van der Waals surface area (Å²) in [6.07, 6.45) is -10.3. The van der Waals surface area contributed by atoms with Crippen molar-refractivity contribution in [2.45, 2.75) is 45.5 Å². The molecule has 0 aromatic heterocycles. The summed E-state index contributed by atoms with van der Waals surface area (Å²) >= 11 is 0. The van der Waals surface area contributed by atoms with Gasteiger partial charge in [-0.2, -0.15) is 0 Å². The zero-order valence-electron chi connectivity index (χ0n) is 28.8. The third-order valence-corrected chi connectivity index (χ3v) is 3.39. The lowest BCUT2D eigenvalue weighted by Crippen LogP contribution is -2.17. The minimum absolute atomic E-state index is 0.235. The van der Waals surface area contributed by atoms with Crippen molar-refractivity contribution < 1.29 is 38.5 Å². The van der Waals surface area contributed by atoms with E-state index in [-0.39, 0.29) is 12.1 Å². The predicted octanol–water partition coefficient (Wildman–Crippen LogP) is 4.47. The van der Waals surface area contributed by atoms with Crippen LogP contribution < -0.4 is 14.2 Å². The Labute approximate surface area is 176 Å². The van der Waals surface area contributed by atoms with Crippen LogP contribution in [-0.4, -0.2) is 31.9 Å². The highest BCUT2D eigenvalue weighted by Gasteiger charge is 2.07. The second-order valence-corrected chi connectivity index (χ2v) is 5.26. The number of hydrogen-bond donors (Lipinski definition) is 1. The molecule has 1 atom stereocenters. The van der Waals surface area contributed by atoms with Crippen LogP contribution in [-0.2, 0) is 6.37 Å². The van der Waals surface area contributed by atoms with Gasteiger partial charge in [-0.3, -0.25) is 0 Å². The standard InChI is InChI=1S/C22H30O4/c1-16-9-11-20(13-17(16)2)26-15-19(23)8-6-5-7-18-10-12-21(24-3)22(14-18)25-4/h9-14,19,23H,5-8,15H2,1-4H3/i4D3,7D2,8D2,9D,10D,11D,12D,13D,14D,19D. The zero-order valence-corrected chi connectivity index (χ0v) is 14.8. The van der Waals surface area contributed by atoms with E-state index in [2.05, 4.69) is 0 Å². The first-order valence-electron chi connectivity index (χ1n) is 14.8. The normalized spacial score (nSPS) is 22.5. The molecule has 0 heterocycles. The molecule has 26 heavy (non-hydrogen) atoms. The third kappa shape index (κ3) is 5.95. The number of hydrogen-bond acceptors (Lipinski definition) is 4. The molecule has 0 spiro atoms. The molecule has 2 aromatic rings. The summed E-state index contributed by atoms with van der Waals surface area (Å²) in [5.41, 5.74) is -0.0764. The van der Waals surface area contributed by atoms with E-state index in [1.807, 2.05) is 0 Å². The lowest BCUT2D eigenvalue weighted by molar-refractivity contribution is 0.0976. The van der Waals surface area contributed by atoms with E-state index in [0.717, 1.165) is 7.11 Å². The maximum atomic E-state index is 10.6. The van der Waals surface area contributed by atoms with Crippen LogP contribution in [0.4, 0.5) is 0 Å². The molecule has 0 aliphatic carbocycles. The Hall–Kier alpha value is -2.20. The van der Waals surface area contributed by atoms with Crippen LogP contribution in [0.3, 0.4) is 0 Å². The van der Waals surface area contributed by atoms with E-state index in [9.17, 15) is 5.11 Å². The number of methoxy groups -OCH3 is 2. The van der Waals surface area contributed by atoms with Gasteiger partial charge in [0.1, 0.15) is 12.4 Å². The summed E-state index contributed by atoms with van der Waals surface area (Å²) in [5, 5.41) is 10.6. The third-order valence-electron chi connectivity index (χ3n) is 3.39. The molecule has 1 unspecified atom stereocenters. The van der Waals surface area contributed by atoms with Crippen LogP contribution in [0, 0.1) is 13.8 Å². The minimum atomic E-state index is -3.10. The van der Waals surface area contributed by atoms with Gasteiger partial charge < -0.3 is 19.3 Å². The Balaban J connectivity index is 2.38. The minimum Gasteiger partial charge on any atom is -0.493 e. The van der Waals surface area contributed by atoms with Gasteiger partial charge in [0.2, 0.25) is 0 Å². The maximum absolute atomic E-state index is 10.6. The van der Waals surface area contributed by atoms with Crippen molar-refractivity contribution in [3.05, 3.63) is 52.9 Å². The van der Waals surface area contributed by atoms with Crippen molar-refractivity contribution in [3.8, 4) is 17.2 Å². The van der Waals surface area contributed by atoms with Gasteiger partial charge in [0.25, 0.3) is 0 Å². The average Bonchev–Trinajstić information content (AvgIpc) is 2.83. The monoisotopic (exact) mass is 372 g/mol. The van der Waals surface area contributed by atoms with Crippen molar-refractivity contribution >= 4 is 0 Å². The van der Waals surface area contributed by atoms with E-state index >= 15 is 0 Å². The zero-order chi connectivity index (χ0) is 31.2. The number of ether oxygens (including phenoxy) is 3.